The molecular formula is C11H8BrF2NO3. The van der Waals surface area contributed by atoms with E-state index in [2.05, 4.69) is 21.2 Å². The molecular weight excluding hydrogens is 312 g/mol. The van der Waals surface area contributed by atoms with Gasteiger partial charge >= 0.3 is 5.97 Å². The number of carbonyl (C=O) groups is 2. The molecule has 1 saturated heterocycles. The van der Waals surface area contributed by atoms with Crippen LogP contribution in [0, 0.1) is 17.6 Å². The van der Waals surface area contributed by atoms with Crippen molar-refractivity contribution in [3.05, 3.63) is 33.8 Å². The SMILES string of the molecule is O=C(O)[C@@H]1C(=O)NC[C@H]1c1c(F)cc(Br)cc1F. The minimum Gasteiger partial charge on any atom is -0.481 e. The van der Waals surface area contributed by atoms with Crippen molar-refractivity contribution in [3.8, 4) is 0 Å². The number of carboxylic acids is 1. The van der Waals surface area contributed by atoms with Gasteiger partial charge in [-0.25, -0.2) is 8.78 Å². The zero-order valence-electron chi connectivity index (χ0n) is 8.91. The van der Waals surface area contributed by atoms with E-state index in [0.717, 1.165) is 12.1 Å². The van der Waals surface area contributed by atoms with Crippen molar-refractivity contribution in [1.29, 1.82) is 0 Å². The van der Waals surface area contributed by atoms with Crippen molar-refractivity contribution in [1.82, 2.24) is 5.32 Å². The van der Waals surface area contributed by atoms with Gasteiger partial charge in [0.1, 0.15) is 17.6 Å². The lowest BCUT2D eigenvalue weighted by Gasteiger charge is -2.15. The highest BCUT2D eigenvalue weighted by Gasteiger charge is 2.43. The van der Waals surface area contributed by atoms with Crippen molar-refractivity contribution in [2.75, 3.05) is 6.54 Å². The molecule has 1 aromatic rings. The number of amides is 1. The summed E-state index contributed by atoms with van der Waals surface area (Å²) in [7, 11) is 0. The molecule has 0 radical (unpaired) electrons. The Hall–Kier alpha value is -1.50. The van der Waals surface area contributed by atoms with E-state index in [4.69, 9.17) is 5.11 Å². The van der Waals surface area contributed by atoms with Gasteiger partial charge in [0.15, 0.2) is 0 Å². The molecule has 2 rings (SSSR count). The second-order valence-corrected chi connectivity index (χ2v) is 4.87. The fourth-order valence-corrected chi connectivity index (χ4v) is 2.48. The molecule has 1 fully saturated rings. The van der Waals surface area contributed by atoms with Crippen LogP contribution < -0.4 is 5.32 Å². The fraction of sp³-hybridized carbons (Fsp3) is 0.273. The number of rotatable bonds is 2. The maximum atomic E-state index is 13.7. The van der Waals surface area contributed by atoms with Gasteiger partial charge in [-0.15, -0.1) is 0 Å². The number of carboxylic acid groups (broad SMARTS) is 1. The fourth-order valence-electron chi connectivity index (χ4n) is 2.08. The second kappa shape index (κ2) is 4.64. The van der Waals surface area contributed by atoms with Crippen LogP contribution in [-0.2, 0) is 9.59 Å². The molecule has 2 atom stereocenters. The Morgan fingerprint density at radius 3 is 2.44 bits per heavy atom. The Bertz CT molecular complexity index is 512. The van der Waals surface area contributed by atoms with Gasteiger partial charge in [0.2, 0.25) is 5.91 Å². The Labute approximate surface area is 109 Å². The van der Waals surface area contributed by atoms with Crippen LogP contribution in [0.15, 0.2) is 16.6 Å². The third-order valence-electron chi connectivity index (χ3n) is 2.86. The molecule has 0 aromatic heterocycles. The Kier molecular flexibility index (Phi) is 3.34. The molecule has 0 bridgehead atoms. The molecule has 1 aliphatic heterocycles. The third-order valence-corrected chi connectivity index (χ3v) is 3.32. The summed E-state index contributed by atoms with van der Waals surface area (Å²) in [5.41, 5.74) is -0.371. The molecule has 1 aromatic carbocycles. The first-order valence-electron chi connectivity index (χ1n) is 5.06. The average Bonchev–Trinajstić information content (AvgIpc) is 2.58. The maximum absolute atomic E-state index is 13.7. The third kappa shape index (κ3) is 2.10. The lowest BCUT2D eigenvalue weighted by molar-refractivity contribution is -0.145. The molecule has 0 spiro atoms. The first kappa shape index (κ1) is 12.9. The van der Waals surface area contributed by atoms with Gasteiger partial charge in [0.25, 0.3) is 0 Å². The minimum atomic E-state index is -1.46. The molecule has 0 saturated carbocycles. The van der Waals surface area contributed by atoms with Crippen LogP contribution in [0.4, 0.5) is 8.78 Å². The Morgan fingerprint density at radius 1 is 1.39 bits per heavy atom. The molecule has 96 valence electrons. The van der Waals surface area contributed by atoms with Gasteiger partial charge in [-0.3, -0.25) is 9.59 Å². The molecule has 1 aliphatic rings. The predicted molar refractivity (Wildman–Crippen MR) is 60.9 cm³/mol. The summed E-state index contributed by atoms with van der Waals surface area (Å²) in [6.45, 7) is -0.0920. The lowest BCUT2D eigenvalue weighted by atomic mass is 9.88. The van der Waals surface area contributed by atoms with Gasteiger partial charge in [-0.2, -0.15) is 0 Å². The highest BCUT2D eigenvalue weighted by molar-refractivity contribution is 9.10. The van der Waals surface area contributed by atoms with Crippen molar-refractivity contribution < 1.29 is 23.5 Å². The number of benzene rings is 1. The summed E-state index contributed by atoms with van der Waals surface area (Å²) in [6, 6.07) is 2.08. The van der Waals surface area contributed by atoms with E-state index in [9.17, 15) is 18.4 Å². The highest BCUT2D eigenvalue weighted by atomic mass is 79.9. The van der Waals surface area contributed by atoms with Crippen LogP contribution >= 0.6 is 15.9 Å². The summed E-state index contributed by atoms with van der Waals surface area (Å²) < 4.78 is 27.7. The number of aliphatic carboxylic acids is 1. The van der Waals surface area contributed by atoms with Crippen LogP contribution in [0.3, 0.4) is 0 Å². The van der Waals surface area contributed by atoms with Gasteiger partial charge in [-0.1, -0.05) is 15.9 Å². The van der Waals surface area contributed by atoms with Gasteiger partial charge in [0.05, 0.1) is 0 Å². The van der Waals surface area contributed by atoms with E-state index in [1.165, 1.54) is 0 Å². The molecule has 1 amide bonds. The number of halogens is 3. The predicted octanol–water partition coefficient (Wildman–Crippen LogP) is 1.64. The number of hydrogen-bond donors (Lipinski definition) is 2. The van der Waals surface area contributed by atoms with E-state index in [1.807, 2.05) is 0 Å². The summed E-state index contributed by atoms with van der Waals surface area (Å²) in [5, 5.41) is 11.2. The van der Waals surface area contributed by atoms with Crippen molar-refractivity contribution >= 4 is 27.8 Å². The van der Waals surface area contributed by atoms with E-state index < -0.39 is 35.3 Å². The monoisotopic (exact) mass is 319 g/mol. The molecule has 7 heteroatoms. The van der Waals surface area contributed by atoms with E-state index in [-0.39, 0.29) is 16.6 Å². The van der Waals surface area contributed by atoms with Gasteiger partial charge in [0, 0.05) is 22.5 Å². The molecule has 4 nitrogen and oxygen atoms in total. The average molecular weight is 320 g/mol. The summed E-state index contributed by atoms with van der Waals surface area (Å²) >= 11 is 2.93. The van der Waals surface area contributed by atoms with Crippen molar-refractivity contribution in [2.24, 2.45) is 5.92 Å². The molecule has 0 aliphatic carbocycles. The van der Waals surface area contributed by atoms with Crippen LogP contribution in [0.25, 0.3) is 0 Å². The van der Waals surface area contributed by atoms with Crippen molar-refractivity contribution in [3.63, 3.8) is 0 Å². The molecule has 0 unspecified atom stereocenters. The second-order valence-electron chi connectivity index (χ2n) is 3.95. The van der Waals surface area contributed by atoms with Gasteiger partial charge < -0.3 is 10.4 Å². The Balaban J connectivity index is 2.49. The largest absolute Gasteiger partial charge is 0.481 e. The smallest absolute Gasteiger partial charge is 0.316 e. The van der Waals surface area contributed by atoms with Crippen LogP contribution in [0.2, 0.25) is 0 Å². The van der Waals surface area contributed by atoms with E-state index in [0.29, 0.717) is 0 Å². The van der Waals surface area contributed by atoms with Crippen LogP contribution in [0.1, 0.15) is 11.5 Å². The number of nitrogens with one attached hydrogen (secondary N) is 1. The topological polar surface area (TPSA) is 66.4 Å². The van der Waals surface area contributed by atoms with Crippen molar-refractivity contribution in [2.45, 2.75) is 5.92 Å². The van der Waals surface area contributed by atoms with Crippen LogP contribution in [0.5, 0.6) is 0 Å². The minimum absolute atomic E-state index is 0.0920. The van der Waals surface area contributed by atoms with Gasteiger partial charge in [-0.05, 0) is 12.1 Å². The molecule has 1 heterocycles. The highest BCUT2D eigenvalue weighted by Crippen LogP contribution is 2.34. The summed E-state index contributed by atoms with van der Waals surface area (Å²) in [6.07, 6.45) is 0. The number of hydrogen-bond acceptors (Lipinski definition) is 2. The van der Waals surface area contributed by atoms with E-state index in [1.54, 1.807) is 0 Å². The Morgan fingerprint density at radius 2 is 1.94 bits per heavy atom. The van der Waals surface area contributed by atoms with Crippen LogP contribution in [-0.4, -0.2) is 23.5 Å². The van der Waals surface area contributed by atoms with E-state index >= 15 is 0 Å². The molecule has 18 heavy (non-hydrogen) atoms. The maximum Gasteiger partial charge on any atom is 0.316 e. The quantitative estimate of drug-likeness (QED) is 0.814. The number of carbonyl (C=O) groups excluding carboxylic acids is 1. The summed E-state index contributed by atoms with van der Waals surface area (Å²) in [5.74, 6) is -6.35. The normalized spacial score (nSPS) is 22.9. The first-order chi connectivity index (χ1) is 8.41. The summed E-state index contributed by atoms with van der Waals surface area (Å²) in [4.78, 5) is 22.3. The zero-order chi connectivity index (χ0) is 13.4. The zero-order valence-corrected chi connectivity index (χ0v) is 10.5. The lowest BCUT2D eigenvalue weighted by Crippen LogP contribution is -2.27. The standard InChI is InChI=1S/C11H8BrF2NO3/c12-4-1-6(13)8(7(14)2-4)5-3-15-10(16)9(5)11(17)18/h1-2,5,9H,3H2,(H,15,16)(H,17,18)/t5-,9-/m0/s1. The molecule has 2 N–H and O–H groups in total. The first-order valence-corrected chi connectivity index (χ1v) is 5.86.